The van der Waals surface area contributed by atoms with Gasteiger partial charge < -0.3 is 10.1 Å². The summed E-state index contributed by atoms with van der Waals surface area (Å²) in [6.45, 7) is 5.81. The van der Waals surface area contributed by atoms with Gasteiger partial charge in [0.2, 0.25) is 11.0 Å². The molecule has 1 atom stereocenters. The molecule has 1 fully saturated rings. The van der Waals surface area contributed by atoms with Crippen LogP contribution in [0.2, 0.25) is 0 Å². The number of ether oxygens (including phenoxy) is 1. The van der Waals surface area contributed by atoms with Crippen LogP contribution in [-0.4, -0.2) is 41.9 Å². The van der Waals surface area contributed by atoms with Crippen molar-refractivity contribution in [3.05, 3.63) is 29.3 Å². The molecule has 23 heavy (non-hydrogen) atoms. The Morgan fingerprint density at radius 3 is 2.70 bits per heavy atom. The van der Waals surface area contributed by atoms with Crippen molar-refractivity contribution in [3.8, 4) is 10.6 Å². The molecule has 6 nitrogen and oxygen atoms in total. The molecule has 2 heterocycles. The van der Waals surface area contributed by atoms with Crippen LogP contribution < -0.4 is 10.6 Å². The molecule has 2 N–H and O–H groups in total. The normalized spacial score (nSPS) is 17.4. The molecule has 0 spiro atoms. The van der Waals surface area contributed by atoms with Crippen LogP contribution in [0.15, 0.2) is 18.2 Å². The van der Waals surface area contributed by atoms with Gasteiger partial charge in [-0.3, -0.25) is 10.1 Å². The van der Waals surface area contributed by atoms with Crippen molar-refractivity contribution in [3.63, 3.8) is 0 Å². The summed E-state index contributed by atoms with van der Waals surface area (Å²) in [5.41, 5.74) is 3.38. The van der Waals surface area contributed by atoms with E-state index in [2.05, 4.69) is 52.9 Å². The van der Waals surface area contributed by atoms with E-state index in [0.717, 1.165) is 10.6 Å². The first-order chi connectivity index (χ1) is 10.6. The fraction of sp³-hybridized carbons (Fsp3) is 0.400. The van der Waals surface area contributed by atoms with Crippen molar-refractivity contribution in [2.24, 2.45) is 0 Å². The number of carbonyl (C=O) groups excluding carboxylic acids is 1. The molecule has 124 valence electrons. The van der Waals surface area contributed by atoms with Gasteiger partial charge >= 0.3 is 0 Å². The molecule has 1 unspecified atom stereocenters. The molecule has 1 amide bonds. The Labute approximate surface area is 145 Å². The second-order valence-corrected chi connectivity index (χ2v) is 6.34. The summed E-state index contributed by atoms with van der Waals surface area (Å²) in [5, 5.41) is 15.4. The smallest absolute Gasteiger partial charge is 0.245 e. The highest BCUT2D eigenvalue weighted by atomic mass is 35.5. The highest BCUT2D eigenvalue weighted by molar-refractivity contribution is 7.18. The zero-order valence-electron chi connectivity index (χ0n) is 13.0. The highest BCUT2D eigenvalue weighted by Crippen LogP contribution is 2.27. The number of aromatic nitrogens is 2. The van der Waals surface area contributed by atoms with Gasteiger partial charge in [-0.05, 0) is 26.0 Å². The van der Waals surface area contributed by atoms with E-state index < -0.39 is 0 Å². The number of rotatable bonds is 3. The van der Waals surface area contributed by atoms with E-state index in [-0.39, 0.29) is 24.4 Å². The number of morpholine rings is 1. The lowest BCUT2D eigenvalue weighted by atomic mass is 10.1. The lowest BCUT2D eigenvalue weighted by molar-refractivity contribution is -0.120. The number of nitrogens with zero attached hydrogens (tertiary/aromatic N) is 2. The van der Waals surface area contributed by atoms with Crippen LogP contribution in [0.5, 0.6) is 0 Å². The van der Waals surface area contributed by atoms with Crippen LogP contribution in [0, 0.1) is 13.8 Å². The van der Waals surface area contributed by atoms with E-state index in [4.69, 9.17) is 4.74 Å². The van der Waals surface area contributed by atoms with Gasteiger partial charge in [0.05, 0.1) is 13.2 Å². The number of amides is 1. The van der Waals surface area contributed by atoms with Gasteiger partial charge in [0.25, 0.3) is 0 Å². The maximum atomic E-state index is 12.1. The maximum absolute atomic E-state index is 12.1. The molecular weight excluding hydrogens is 336 g/mol. The second-order valence-electron chi connectivity index (χ2n) is 5.36. The minimum absolute atomic E-state index is 0. The standard InChI is InChI=1S/C15H18N4O2S.ClH/c1-9-5-10(2)7-11(6-9)14-18-19-15(22-14)17-13(20)12-8-21-4-3-16-12;/h5-7,12,16H,3-4,8H2,1-2H3,(H,17,19,20);1H. The zero-order chi connectivity index (χ0) is 15.5. The van der Waals surface area contributed by atoms with E-state index in [1.807, 2.05) is 0 Å². The minimum atomic E-state index is -0.331. The van der Waals surface area contributed by atoms with E-state index >= 15 is 0 Å². The third-order valence-electron chi connectivity index (χ3n) is 3.36. The Hall–Kier alpha value is -1.54. The summed E-state index contributed by atoms with van der Waals surface area (Å²) in [4.78, 5) is 12.1. The number of aryl methyl sites for hydroxylation is 2. The predicted molar refractivity (Wildman–Crippen MR) is 93.3 cm³/mol. The fourth-order valence-corrected chi connectivity index (χ4v) is 3.15. The predicted octanol–water partition coefficient (Wildman–Crippen LogP) is 2.17. The van der Waals surface area contributed by atoms with Gasteiger partial charge in [0.15, 0.2) is 0 Å². The van der Waals surface area contributed by atoms with Crippen molar-refractivity contribution in [2.75, 3.05) is 25.1 Å². The summed E-state index contributed by atoms with van der Waals surface area (Å²) in [6, 6.07) is 5.91. The molecular formula is C15H19ClN4O2S. The van der Waals surface area contributed by atoms with Crippen LogP contribution >= 0.6 is 23.7 Å². The van der Waals surface area contributed by atoms with E-state index in [1.165, 1.54) is 22.5 Å². The molecule has 3 rings (SSSR count). The van der Waals surface area contributed by atoms with Crippen molar-refractivity contribution < 1.29 is 9.53 Å². The monoisotopic (exact) mass is 354 g/mol. The van der Waals surface area contributed by atoms with Gasteiger partial charge in [-0.1, -0.05) is 28.5 Å². The summed E-state index contributed by atoms with van der Waals surface area (Å²) in [6.07, 6.45) is 0. The Bertz CT molecular complexity index is 666. The number of hydrogen-bond donors (Lipinski definition) is 2. The number of benzene rings is 1. The van der Waals surface area contributed by atoms with Crippen LogP contribution in [0.1, 0.15) is 11.1 Å². The number of halogens is 1. The first-order valence-electron chi connectivity index (χ1n) is 7.16. The molecule has 1 aromatic heterocycles. The van der Waals surface area contributed by atoms with Crippen molar-refractivity contribution in [2.45, 2.75) is 19.9 Å². The number of anilines is 1. The lowest BCUT2D eigenvalue weighted by Crippen LogP contribution is -2.48. The molecule has 0 bridgehead atoms. The quantitative estimate of drug-likeness (QED) is 0.883. The van der Waals surface area contributed by atoms with E-state index in [9.17, 15) is 4.79 Å². The van der Waals surface area contributed by atoms with E-state index in [1.54, 1.807) is 0 Å². The zero-order valence-corrected chi connectivity index (χ0v) is 14.6. The molecule has 1 aliphatic rings. The third kappa shape index (κ3) is 4.48. The third-order valence-corrected chi connectivity index (χ3v) is 4.25. The van der Waals surface area contributed by atoms with Crippen molar-refractivity contribution >= 4 is 34.8 Å². The summed E-state index contributed by atoms with van der Waals surface area (Å²) in [5.74, 6) is -0.136. The van der Waals surface area contributed by atoms with Gasteiger partial charge in [-0.2, -0.15) is 0 Å². The Balaban J connectivity index is 0.00000192. The van der Waals surface area contributed by atoms with Crippen molar-refractivity contribution in [1.29, 1.82) is 0 Å². The highest BCUT2D eigenvalue weighted by Gasteiger charge is 2.22. The first-order valence-corrected chi connectivity index (χ1v) is 7.97. The second kappa shape index (κ2) is 7.83. The lowest BCUT2D eigenvalue weighted by Gasteiger charge is -2.22. The van der Waals surface area contributed by atoms with E-state index in [0.29, 0.717) is 24.9 Å². The Morgan fingerprint density at radius 2 is 2.04 bits per heavy atom. The molecule has 0 radical (unpaired) electrons. The number of nitrogens with one attached hydrogen (secondary N) is 2. The average Bonchev–Trinajstić information content (AvgIpc) is 2.96. The molecule has 1 aromatic carbocycles. The van der Waals surface area contributed by atoms with Crippen molar-refractivity contribution in [1.82, 2.24) is 15.5 Å². The summed E-state index contributed by atoms with van der Waals surface area (Å²) >= 11 is 1.37. The fourth-order valence-electron chi connectivity index (χ4n) is 2.41. The summed E-state index contributed by atoms with van der Waals surface area (Å²) in [7, 11) is 0. The topological polar surface area (TPSA) is 76.1 Å². The van der Waals surface area contributed by atoms with Crippen LogP contribution in [-0.2, 0) is 9.53 Å². The molecule has 0 saturated carbocycles. The maximum Gasteiger partial charge on any atom is 0.245 e. The summed E-state index contributed by atoms with van der Waals surface area (Å²) < 4.78 is 5.29. The van der Waals surface area contributed by atoms with Crippen LogP contribution in [0.25, 0.3) is 10.6 Å². The molecule has 2 aromatic rings. The average molecular weight is 355 g/mol. The number of hydrogen-bond acceptors (Lipinski definition) is 6. The first kappa shape index (κ1) is 17.8. The van der Waals surface area contributed by atoms with Gasteiger partial charge in [0, 0.05) is 12.1 Å². The largest absolute Gasteiger partial charge is 0.378 e. The minimum Gasteiger partial charge on any atom is -0.378 e. The molecule has 0 aliphatic carbocycles. The number of carbonyl (C=O) groups is 1. The van der Waals surface area contributed by atoms with Gasteiger partial charge in [0.1, 0.15) is 11.0 Å². The Morgan fingerprint density at radius 1 is 1.30 bits per heavy atom. The van der Waals surface area contributed by atoms with Gasteiger partial charge in [-0.25, -0.2) is 0 Å². The SMILES string of the molecule is Cc1cc(C)cc(-c2nnc(NC(=O)C3COCCN3)s2)c1.Cl. The van der Waals surface area contributed by atoms with Crippen LogP contribution in [0.4, 0.5) is 5.13 Å². The molecule has 1 saturated heterocycles. The Kier molecular flexibility index (Phi) is 6.06. The molecule has 8 heteroatoms. The van der Waals surface area contributed by atoms with Gasteiger partial charge in [-0.15, -0.1) is 22.6 Å². The molecule has 1 aliphatic heterocycles. The van der Waals surface area contributed by atoms with Crippen LogP contribution in [0.3, 0.4) is 0 Å².